The summed E-state index contributed by atoms with van der Waals surface area (Å²) in [5.41, 5.74) is -0.170. The molecule has 2 aliphatic rings. The Morgan fingerprint density at radius 3 is 2.20 bits per heavy atom. The SMILES string of the molecule is CC(C#N)(C1CCCC1)N1CCCCC1. The molecule has 2 nitrogen and oxygen atoms in total. The fraction of sp³-hybridized carbons (Fsp3) is 0.923. The summed E-state index contributed by atoms with van der Waals surface area (Å²) in [5, 5.41) is 9.51. The number of rotatable bonds is 2. The molecule has 1 unspecified atom stereocenters. The van der Waals surface area contributed by atoms with Crippen LogP contribution in [0, 0.1) is 17.2 Å². The summed E-state index contributed by atoms with van der Waals surface area (Å²) in [6, 6.07) is 2.62. The number of hydrogen-bond acceptors (Lipinski definition) is 2. The van der Waals surface area contributed by atoms with Crippen molar-refractivity contribution in [2.75, 3.05) is 13.1 Å². The zero-order chi connectivity index (χ0) is 10.7. The topological polar surface area (TPSA) is 27.0 Å². The quantitative estimate of drug-likeness (QED) is 0.694. The molecule has 2 fully saturated rings. The molecule has 84 valence electrons. The Bertz CT molecular complexity index is 244. The third-order valence-corrected chi connectivity index (χ3v) is 4.39. The molecule has 0 aromatic heterocycles. The van der Waals surface area contributed by atoms with Crippen LogP contribution in [0.3, 0.4) is 0 Å². The summed E-state index contributed by atoms with van der Waals surface area (Å²) in [4.78, 5) is 2.45. The van der Waals surface area contributed by atoms with Gasteiger partial charge >= 0.3 is 0 Å². The van der Waals surface area contributed by atoms with E-state index < -0.39 is 0 Å². The van der Waals surface area contributed by atoms with E-state index in [0.29, 0.717) is 5.92 Å². The molecule has 1 atom stereocenters. The Morgan fingerprint density at radius 1 is 1.07 bits per heavy atom. The van der Waals surface area contributed by atoms with Gasteiger partial charge in [0.2, 0.25) is 0 Å². The van der Waals surface area contributed by atoms with E-state index in [1.165, 1.54) is 44.9 Å². The lowest BCUT2D eigenvalue weighted by Crippen LogP contribution is -2.52. The summed E-state index contributed by atoms with van der Waals surface area (Å²) < 4.78 is 0. The minimum Gasteiger partial charge on any atom is -0.286 e. The second-order valence-electron chi connectivity index (χ2n) is 5.29. The number of nitrogens with zero attached hydrogens (tertiary/aromatic N) is 2. The lowest BCUT2D eigenvalue weighted by atomic mass is 9.82. The van der Waals surface area contributed by atoms with Gasteiger partial charge in [-0.15, -0.1) is 0 Å². The number of hydrogen-bond donors (Lipinski definition) is 0. The molecule has 0 N–H and O–H groups in total. The average molecular weight is 206 g/mol. The summed E-state index contributed by atoms with van der Waals surface area (Å²) in [6.07, 6.45) is 9.10. The Balaban J connectivity index is 2.08. The lowest BCUT2D eigenvalue weighted by molar-refractivity contribution is 0.0761. The first kappa shape index (κ1) is 11.0. The van der Waals surface area contributed by atoms with Crippen molar-refractivity contribution in [3.8, 4) is 6.07 Å². The van der Waals surface area contributed by atoms with E-state index in [9.17, 15) is 5.26 Å². The Kier molecular flexibility index (Phi) is 3.31. The van der Waals surface area contributed by atoms with Crippen LogP contribution in [-0.4, -0.2) is 23.5 Å². The Morgan fingerprint density at radius 2 is 1.67 bits per heavy atom. The minimum atomic E-state index is -0.170. The summed E-state index contributed by atoms with van der Waals surface area (Å²) in [5.74, 6) is 0.626. The summed E-state index contributed by atoms with van der Waals surface area (Å²) in [7, 11) is 0. The van der Waals surface area contributed by atoms with Crippen LogP contribution in [0.2, 0.25) is 0 Å². The molecule has 0 aromatic carbocycles. The molecule has 0 bridgehead atoms. The van der Waals surface area contributed by atoms with Crippen molar-refractivity contribution in [3.05, 3.63) is 0 Å². The highest BCUT2D eigenvalue weighted by molar-refractivity contribution is 5.10. The second kappa shape index (κ2) is 4.53. The Hall–Kier alpha value is -0.550. The van der Waals surface area contributed by atoms with Gasteiger partial charge in [0.05, 0.1) is 6.07 Å². The van der Waals surface area contributed by atoms with Crippen LogP contribution in [0.1, 0.15) is 51.9 Å². The zero-order valence-corrected chi connectivity index (χ0v) is 9.84. The van der Waals surface area contributed by atoms with E-state index in [-0.39, 0.29) is 5.54 Å². The highest BCUT2D eigenvalue weighted by atomic mass is 15.2. The van der Waals surface area contributed by atoms with Gasteiger partial charge in [0.1, 0.15) is 5.54 Å². The zero-order valence-electron chi connectivity index (χ0n) is 9.84. The van der Waals surface area contributed by atoms with Gasteiger partial charge < -0.3 is 0 Å². The smallest absolute Gasteiger partial charge is 0.109 e. The van der Waals surface area contributed by atoms with Crippen molar-refractivity contribution in [2.45, 2.75) is 57.4 Å². The van der Waals surface area contributed by atoms with Gasteiger partial charge in [-0.25, -0.2) is 0 Å². The molecule has 1 heterocycles. The maximum absolute atomic E-state index is 9.51. The highest BCUT2D eigenvalue weighted by Crippen LogP contribution is 2.38. The molecule has 1 saturated heterocycles. The first-order valence-electron chi connectivity index (χ1n) is 6.43. The van der Waals surface area contributed by atoms with Crippen molar-refractivity contribution >= 4 is 0 Å². The molecule has 1 saturated carbocycles. The molecule has 0 spiro atoms. The van der Waals surface area contributed by atoms with Gasteiger partial charge in [0, 0.05) is 0 Å². The van der Waals surface area contributed by atoms with Crippen molar-refractivity contribution in [1.82, 2.24) is 4.90 Å². The Labute approximate surface area is 93.3 Å². The third-order valence-electron chi connectivity index (χ3n) is 4.39. The largest absolute Gasteiger partial charge is 0.286 e. The van der Waals surface area contributed by atoms with Gasteiger partial charge in [-0.05, 0) is 51.6 Å². The van der Waals surface area contributed by atoms with Gasteiger partial charge in [-0.2, -0.15) is 5.26 Å². The first-order valence-corrected chi connectivity index (χ1v) is 6.43. The highest BCUT2D eigenvalue weighted by Gasteiger charge is 2.41. The number of likely N-dealkylation sites (tertiary alicyclic amines) is 1. The maximum Gasteiger partial charge on any atom is 0.109 e. The summed E-state index contributed by atoms with van der Waals surface area (Å²) in [6.45, 7) is 4.45. The second-order valence-corrected chi connectivity index (χ2v) is 5.29. The predicted molar refractivity (Wildman–Crippen MR) is 61.4 cm³/mol. The van der Waals surface area contributed by atoms with Gasteiger partial charge in [-0.1, -0.05) is 19.3 Å². The summed E-state index contributed by atoms with van der Waals surface area (Å²) >= 11 is 0. The third kappa shape index (κ3) is 2.03. The lowest BCUT2D eigenvalue weighted by Gasteiger charge is -2.42. The van der Waals surface area contributed by atoms with Crippen LogP contribution in [-0.2, 0) is 0 Å². The molecular formula is C13H22N2. The van der Waals surface area contributed by atoms with E-state index in [1.807, 2.05) is 0 Å². The fourth-order valence-corrected chi connectivity index (χ4v) is 3.27. The molecule has 0 radical (unpaired) electrons. The fourth-order valence-electron chi connectivity index (χ4n) is 3.27. The minimum absolute atomic E-state index is 0.170. The van der Waals surface area contributed by atoms with Crippen molar-refractivity contribution < 1.29 is 0 Å². The molecule has 15 heavy (non-hydrogen) atoms. The first-order chi connectivity index (χ1) is 7.27. The van der Waals surface area contributed by atoms with E-state index >= 15 is 0 Å². The average Bonchev–Trinajstić information content (AvgIpc) is 2.83. The monoisotopic (exact) mass is 206 g/mol. The molecule has 2 rings (SSSR count). The molecule has 1 aliphatic heterocycles. The van der Waals surface area contributed by atoms with Crippen LogP contribution in [0.15, 0.2) is 0 Å². The van der Waals surface area contributed by atoms with E-state index in [2.05, 4.69) is 17.9 Å². The van der Waals surface area contributed by atoms with Gasteiger partial charge in [-0.3, -0.25) is 4.90 Å². The van der Waals surface area contributed by atoms with Crippen molar-refractivity contribution in [3.63, 3.8) is 0 Å². The standard InChI is InChI=1S/C13H22N2/c1-13(11-14,12-7-3-4-8-12)15-9-5-2-6-10-15/h12H,2-10H2,1H3. The molecule has 2 heteroatoms. The van der Waals surface area contributed by atoms with E-state index in [0.717, 1.165) is 13.1 Å². The normalized spacial score (nSPS) is 28.5. The van der Waals surface area contributed by atoms with Crippen molar-refractivity contribution in [1.29, 1.82) is 5.26 Å². The predicted octanol–water partition coefficient (Wildman–Crippen LogP) is 2.94. The van der Waals surface area contributed by atoms with Gasteiger partial charge in [0.25, 0.3) is 0 Å². The van der Waals surface area contributed by atoms with Crippen LogP contribution < -0.4 is 0 Å². The van der Waals surface area contributed by atoms with E-state index in [1.54, 1.807) is 0 Å². The van der Waals surface area contributed by atoms with Crippen LogP contribution >= 0.6 is 0 Å². The molecular weight excluding hydrogens is 184 g/mol. The van der Waals surface area contributed by atoms with E-state index in [4.69, 9.17) is 0 Å². The number of piperidine rings is 1. The van der Waals surface area contributed by atoms with Gasteiger partial charge in [0.15, 0.2) is 0 Å². The molecule has 1 aliphatic carbocycles. The van der Waals surface area contributed by atoms with Crippen LogP contribution in [0.5, 0.6) is 0 Å². The van der Waals surface area contributed by atoms with Crippen LogP contribution in [0.4, 0.5) is 0 Å². The molecule has 0 aromatic rings. The molecule has 0 amide bonds. The van der Waals surface area contributed by atoms with Crippen LogP contribution in [0.25, 0.3) is 0 Å². The van der Waals surface area contributed by atoms with Crippen molar-refractivity contribution in [2.24, 2.45) is 5.92 Å². The number of nitriles is 1. The maximum atomic E-state index is 9.51.